The quantitative estimate of drug-likeness (QED) is 0.751. The molecule has 1 heterocycles. The highest BCUT2D eigenvalue weighted by Crippen LogP contribution is 2.22. The summed E-state index contributed by atoms with van der Waals surface area (Å²) >= 11 is 5.54. The molecule has 0 unspecified atom stereocenters. The minimum Gasteiger partial charge on any atom is -0.321 e. The van der Waals surface area contributed by atoms with Crippen molar-refractivity contribution in [2.45, 2.75) is 6.92 Å². The van der Waals surface area contributed by atoms with Crippen LogP contribution < -0.4 is 5.32 Å². The molecular formula is C13H10BrIN2O. The number of nitrogens with zero attached hydrogens (tertiary/aromatic N) is 1. The number of carbonyl (C=O) groups is 1. The molecule has 2 rings (SSSR count). The van der Waals surface area contributed by atoms with Gasteiger partial charge in [-0.2, -0.15) is 0 Å². The Morgan fingerprint density at radius 1 is 1.39 bits per heavy atom. The van der Waals surface area contributed by atoms with Gasteiger partial charge in [0.2, 0.25) is 0 Å². The zero-order valence-electron chi connectivity index (χ0n) is 9.58. The second-order valence-electron chi connectivity index (χ2n) is 3.75. The highest BCUT2D eigenvalue weighted by molar-refractivity contribution is 14.1. The number of carbonyl (C=O) groups excluding carboxylic acids is 1. The van der Waals surface area contributed by atoms with Crippen LogP contribution in [0.5, 0.6) is 0 Å². The molecule has 0 radical (unpaired) electrons. The lowest BCUT2D eigenvalue weighted by atomic mass is 10.1. The van der Waals surface area contributed by atoms with E-state index in [1.807, 2.05) is 25.1 Å². The van der Waals surface area contributed by atoms with Gasteiger partial charge in [-0.15, -0.1) is 0 Å². The molecule has 1 aromatic heterocycles. The Hall–Kier alpha value is -0.950. The number of pyridine rings is 1. The minimum absolute atomic E-state index is 0.116. The van der Waals surface area contributed by atoms with Gasteiger partial charge in [-0.05, 0) is 63.1 Å². The third kappa shape index (κ3) is 2.89. The second-order valence-corrected chi connectivity index (χ2v) is 5.68. The first-order valence-corrected chi connectivity index (χ1v) is 7.12. The monoisotopic (exact) mass is 416 g/mol. The Bertz CT molecular complexity index is 601. The van der Waals surface area contributed by atoms with Crippen LogP contribution in [0.15, 0.2) is 41.1 Å². The Balaban J connectivity index is 2.28. The lowest BCUT2D eigenvalue weighted by molar-refractivity contribution is 0.102. The number of halogens is 2. The summed E-state index contributed by atoms with van der Waals surface area (Å²) in [5.74, 6) is -0.116. The van der Waals surface area contributed by atoms with E-state index in [2.05, 4.69) is 48.8 Å². The first-order chi connectivity index (χ1) is 8.59. The van der Waals surface area contributed by atoms with Crippen LogP contribution in [0.1, 0.15) is 15.9 Å². The van der Waals surface area contributed by atoms with Gasteiger partial charge in [-0.1, -0.05) is 12.1 Å². The van der Waals surface area contributed by atoms with Gasteiger partial charge in [0.25, 0.3) is 5.91 Å². The van der Waals surface area contributed by atoms with Crippen LogP contribution in [0.4, 0.5) is 5.69 Å². The summed E-state index contributed by atoms with van der Waals surface area (Å²) < 4.78 is 1.73. The third-order valence-corrected chi connectivity index (χ3v) is 4.52. The molecule has 1 N–H and O–H groups in total. The van der Waals surface area contributed by atoms with Crippen molar-refractivity contribution in [3.05, 3.63) is 55.8 Å². The molecule has 1 amide bonds. The first-order valence-electron chi connectivity index (χ1n) is 5.25. The van der Waals surface area contributed by atoms with Gasteiger partial charge in [-0.3, -0.25) is 9.78 Å². The second kappa shape index (κ2) is 5.79. The third-order valence-electron chi connectivity index (χ3n) is 2.46. The Morgan fingerprint density at radius 3 is 2.89 bits per heavy atom. The lowest BCUT2D eigenvalue weighted by Crippen LogP contribution is -2.14. The standard InChI is InChI=1S/C13H10BrIN2O/c1-8-3-2-4-9(12(8)15)13(18)17-11-5-6-16-7-10(11)14/h2-7H,1H3,(H,16,17,18). The van der Waals surface area contributed by atoms with E-state index in [1.165, 1.54) is 0 Å². The molecule has 0 atom stereocenters. The molecule has 92 valence electrons. The van der Waals surface area contributed by atoms with E-state index < -0.39 is 0 Å². The maximum absolute atomic E-state index is 12.2. The van der Waals surface area contributed by atoms with E-state index in [4.69, 9.17) is 0 Å². The highest BCUT2D eigenvalue weighted by Gasteiger charge is 2.12. The molecule has 0 saturated carbocycles. The fourth-order valence-electron chi connectivity index (χ4n) is 1.49. The van der Waals surface area contributed by atoms with Crippen molar-refractivity contribution >= 4 is 50.1 Å². The summed E-state index contributed by atoms with van der Waals surface area (Å²) in [6.45, 7) is 1.99. The largest absolute Gasteiger partial charge is 0.321 e. The van der Waals surface area contributed by atoms with Crippen molar-refractivity contribution in [1.29, 1.82) is 0 Å². The van der Waals surface area contributed by atoms with Crippen molar-refractivity contribution in [1.82, 2.24) is 4.98 Å². The maximum atomic E-state index is 12.2. The number of aromatic nitrogens is 1. The molecule has 5 heteroatoms. The van der Waals surface area contributed by atoms with Gasteiger partial charge in [0.15, 0.2) is 0 Å². The maximum Gasteiger partial charge on any atom is 0.256 e. The van der Waals surface area contributed by atoms with Crippen LogP contribution in [0.2, 0.25) is 0 Å². The number of benzene rings is 1. The SMILES string of the molecule is Cc1cccc(C(=O)Nc2ccncc2Br)c1I. The van der Waals surface area contributed by atoms with E-state index >= 15 is 0 Å². The molecule has 18 heavy (non-hydrogen) atoms. The van der Waals surface area contributed by atoms with Crippen molar-refractivity contribution < 1.29 is 4.79 Å². The van der Waals surface area contributed by atoms with Gasteiger partial charge < -0.3 is 5.32 Å². The van der Waals surface area contributed by atoms with Crippen LogP contribution in [0.3, 0.4) is 0 Å². The molecule has 1 aromatic carbocycles. The van der Waals surface area contributed by atoms with Gasteiger partial charge in [0.05, 0.1) is 15.7 Å². The van der Waals surface area contributed by atoms with E-state index in [1.54, 1.807) is 18.5 Å². The van der Waals surface area contributed by atoms with Crippen LogP contribution in [-0.2, 0) is 0 Å². The molecule has 2 aromatic rings. The predicted molar refractivity (Wildman–Crippen MR) is 83.8 cm³/mol. The summed E-state index contributed by atoms with van der Waals surface area (Å²) in [6, 6.07) is 7.44. The highest BCUT2D eigenvalue weighted by atomic mass is 127. The van der Waals surface area contributed by atoms with E-state index in [0.29, 0.717) is 11.3 Å². The number of aryl methyl sites for hydroxylation is 1. The number of anilines is 1. The van der Waals surface area contributed by atoms with Crippen molar-refractivity contribution in [2.24, 2.45) is 0 Å². The molecule has 0 aliphatic heterocycles. The Labute approximate surface area is 127 Å². The zero-order chi connectivity index (χ0) is 13.1. The van der Waals surface area contributed by atoms with Gasteiger partial charge in [0, 0.05) is 16.0 Å². The molecule has 0 aliphatic carbocycles. The number of hydrogen-bond acceptors (Lipinski definition) is 2. The summed E-state index contributed by atoms with van der Waals surface area (Å²) in [5, 5.41) is 2.86. The van der Waals surface area contributed by atoms with Gasteiger partial charge in [-0.25, -0.2) is 0 Å². The van der Waals surface area contributed by atoms with Crippen molar-refractivity contribution in [2.75, 3.05) is 5.32 Å². The lowest BCUT2D eigenvalue weighted by Gasteiger charge is -2.09. The van der Waals surface area contributed by atoms with Crippen LogP contribution in [0.25, 0.3) is 0 Å². The van der Waals surface area contributed by atoms with Crippen molar-refractivity contribution in [3.8, 4) is 0 Å². The van der Waals surface area contributed by atoms with Gasteiger partial charge >= 0.3 is 0 Å². The average Bonchev–Trinajstić information content (AvgIpc) is 2.35. The summed E-state index contributed by atoms with van der Waals surface area (Å²) in [6.07, 6.45) is 3.29. The molecule has 3 nitrogen and oxygen atoms in total. The Morgan fingerprint density at radius 2 is 2.17 bits per heavy atom. The normalized spacial score (nSPS) is 10.2. The number of hydrogen-bond donors (Lipinski definition) is 1. The molecule has 0 bridgehead atoms. The zero-order valence-corrected chi connectivity index (χ0v) is 13.3. The predicted octanol–water partition coefficient (Wildman–Crippen LogP) is 4.01. The summed E-state index contributed by atoms with van der Waals surface area (Å²) in [5.41, 5.74) is 2.49. The minimum atomic E-state index is -0.116. The number of rotatable bonds is 2. The molecule has 0 fully saturated rings. The van der Waals surface area contributed by atoms with E-state index in [9.17, 15) is 4.79 Å². The summed E-state index contributed by atoms with van der Waals surface area (Å²) in [7, 11) is 0. The smallest absolute Gasteiger partial charge is 0.256 e. The van der Waals surface area contributed by atoms with Crippen molar-refractivity contribution in [3.63, 3.8) is 0 Å². The first kappa shape index (κ1) is 13.5. The fraction of sp³-hybridized carbons (Fsp3) is 0.0769. The topological polar surface area (TPSA) is 42.0 Å². The molecule has 0 aliphatic rings. The van der Waals surface area contributed by atoms with E-state index in [0.717, 1.165) is 13.6 Å². The molecule has 0 saturated heterocycles. The number of amides is 1. The van der Waals surface area contributed by atoms with Gasteiger partial charge in [0.1, 0.15) is 0 Å². The summed E-state index contributed by atoms with van der Waals surface area (Å²) in [4.78, 5) is 16.1. The Kier molecular flexibility index (Phi) is 4.34. The van der Waals surface area contributed by atoms with E-state index in [-0.39, 0.29) is 5.91 Å². The fourth-order valence-corrected chi connectivity index (χ4v) is 2.44. The van der Waals surface area contributed by atoms with Crippen LogP contribution in [-0.4, -0.2) is 10.9 Å². The average molecular weight is 417 g/mol. The molecular weight excluding hydrogens is 407 g/mol. The number of nitrogens with one attached hydrogen (secondary N) is 1. The molecule has 0 spiro atoms. The van der Waals surface area contributed by atoms with Crippen LogP contribution >= 0.6 is 38.5 Å². The van der Waals surface area contributed by atoms with Crippen LogP contribution in [0, 0.1) is 10.5 Å².